The number of nitrogens with one attached hydrogen (secondary N) is 1. The third-order valence-electron chi connectivity index (χ3n) is 4.03. The Balaban J connectivity index is 1.94. The highest BCUT2D eigenvalue weighted by Crippen LogP contribution is 2.27. The predicted molar refractivity (Wildman–Crippen MR) is 90.5 cm³/mol. The summed E-state index contributed by atoms with van der Waals surface area (Å²) in [5.74, 6) is -0.586. The summed E-state index contributed by atoms with van der Waals surface area (Å²) in [7, 11) is 1.50. The van der Waals surface area contributed by atoms with Gasteiger partial charge in [-0.05, 0) is 47.0 Å². The molecule has 0 aromatic heterocycles. The molecule has 0 aliphatic heterocycles. The van der Waals surface area contributed by atoms with Crippen LogP contribution in [0.2, 0.25) is 0 Å². The number of hydrogen-bond donors (Lipinski definition) is 1. The van der Waals surface area contributed by atoms with Gasteiger partial charge < -0.3 is 14.8 Å². The third-order valence-corrected chi connectivity index (χ3v) is 4.72. The number of carbonyl (C=O) groups is 2. The van der Waals surface area contributed by atoms with E-state index in [2.05, 4.69) is 27.3 Å². The van der Waals surface area contributed by atoms with Crippen molar-refractivity contribution < 1.29 is 19.1 Å². The molecule has 0 saturated heterocycles. The Morgan fingerprint density at radius 2 is 2.04 bits per heavy atom. The predicted octanol–water partition coefficient (Wildman–Crippen LogP) is 2.96. The Bertz CT molecular complexity index is 663. The molecule has 6 nitrogen and oxygen atoms in total. The summed E-state index contributed by atoms with van der Waals surface area (Å²) < 4.78 is 10.7. The zero-order valence-corrected chi connectivity index (χ0v) is 15.0. The van der Waals surface area contributed by atoms with Gasteiger partial charge in [-0.1, -0.05) is 19.3 Å². The van der Waals surface area contributed by atoms with Crippen LogP contribution in [0.5, 0.6) is 5.75 Å². The third kappa shape index (κ3) is 4.48. The molecular weight excluding hydrogens is 376 g/mol. The van der Waals surface area contributed by atoms with Gasteiger partial charge in [-0.2, -0.15) is 5.26 Å². The number of nitriles is 1. The van der Waals surface area contributed by atoms with E-state index < -0.39 is 24.0 Å². The summed E-state index contributed by atoms with van der Waals surface area (Å²) in [6, 6.07) is 7.10. The number of rotatable bonds is 5. The van der Waals surface area contributed by atoms with Crippen molar-refractivity contribution in [2.45, 2.75) is 37.6 Å². The van der Waals surface area contributed by atoms with E-state index in [-0.39, 0.29) is 5.56 Å². The Morgan fingerprint density at radius 1 is 1.33 bits per heavy atom. The molecule has 0 heterocycles. The number of ether oxygens (including phenoxy) is 2. The maximum Gasteiger partial charge on any atom is 0.339 e. The average molecular weight is 395 g/mol. The number of nitrogens with zero attached hydrogens (tertiary/aromatic N) is 1. The van der Waals surface area contributed by atoms with E-state index in [9.17, 15) is 14.9 Å². The fourth-order valence-corrected chi connectivity index (χ4v) is 3.13. The van der Waals surface area contributed by atoms with Crippen molar-refractivity contribution >= 4 is 27.8 Å². The zero-order valence-electron chi connectivity index (χ0n) is 13.4. The van der Waals surface area contributed by atoms with Crippen LogP contribution in [0.15, 0.2) is 22.7 Å². The topological polar surface area (TPSA) is 88.4 Å². The first kappa shape index (κ1) is 18.3. The number of esters is 1. The molecule has 1 aliphatic carbocycles. The summed E-state index contributed by atoms with van der Waals surface area (Å²) in [6.07, 6.45) is 4.14. The summed E-state index contributed by atoms with van der Waals surface area (Å²) in [5, 5.41) is 12.1. The second-order valence-electron chi connectivity index (χ2n) is 5.72. The number of methoxy groups -OCH3 is 1. The van der Waals surface area contributed by atoms with Gasteiger partial charge in [0.05, 0.1) is 18.7 Å². The van der Waals surface area contributed by atoms with E-state index in [1.54, 1.807) is 12.1 Å². The molecule has 0 radical (unpaired) electrons. The van der Waals surface area contributed by atoms with Crippen molar-refractivity contribution in [3.63, 3.8) is 0 Å². The maximum atomic E-state index is 12.1. The van der Waals surface area contributed by atoms with Crippen molar-refractivity contribution in [2.75, 3.05) is 13.7 Å². The molecule has 1 fully saturated rings. The minimum Gasteiger partial charge on any atom is -0.497 e. The summed E-state index contributed by atoms with van der Waals surface area (Å²) in [4.78, 5) is 24.2. The van der Waals surface area contributed by atoms with Crippen molar-refractivity contribution in [1.82, 2.24) is 5.32 Å². The number of benzene rings is 1. The average Bonchev–Trinajstić information content (AvgIpc) is 2.61. The van der Waals surface area contributed by atoms with Crippen LogP contribution in [0, 0.1) is 11.3 Å². The van der Waals surface area contributed by atoms with Gasteiger partial charge in [-0.15, -0.1) is 0 Å². The van der Waals surface area contributed by atoms with Crippen LogP contribution >= 0.6 is 15.9 Å². The highest BCUT2D eigenvalue weighted by atomic mass is 79.9. The fourth-order valence-electron chi connectivity index (χ4n) is 2.72. The van der Waals surface area contributed by atoms with Gasteiger partial charge in [0.15, 0.2) is 6.61 Å². The molecule has 24 heavy (non-hydrogen) atoms. The number of amides is 1. The molecule has 0 spiro atoms. The SMILES string of the molecule is COc1ccc(Br)c(C(=O)OCC(=O)NC2(C#N)CCCCC2)c1. The molecule has 0 bridgehead atoms. The molecule has 128 valence electrons. The Morgan fingerprint density at radius 3 is 2.67 bits per heavy atom. The van der Waals surface area contributed by atoms with Crippen LogP contribution in [-0.4, -0.2) is 31.1 Å². The normalized spacial score (nSPS) is 15.9. The van der Waals surface area contributed by atoms with Crippen LogP contribution in [0.4, 0.5) is 0 Å². The molecule has 7 heteroatoms. The fraction of sp³-hybridized carbons (Fsp3) is 0.471. The molecular formula is C17H19BrN2O4. The van der Waals surface area contributed by atoms with E-state index in [4.69, 9.17) is 9.47 Å². The largest absolute Gasteiger partial charge is 0.497 e. The summed E-state index contributed by atoms with van der Waals surface area (Å²) in [6.45, 7) is -0.425. The van der Waals surface area contributed by atoms with Gasteiger partial charge in [0.2, 0.25) is 0 Å². The van der Waals surface area contributed by atoms with Gasteiger partial charge >= 0.3 is 5.97 Å². The standard InChI is InChI=1S/C17H19BrN2O4/c1-23-12-5-6-14(18)13(9-12)16(22)24-10-15(21)20-17(11-19)7-3-2-4-8-17/h5-6,9H,2-4,7-8,10H2,1H3,(H,20,21). The van der Waals surface area contributed by atoms with E-state index in [0.29, 0.717) is 23.1 Å². The van der Waals surface area contributed by atoms with Crippen LogP contribution in [0.1, 0.15) is 42.5 Å². The highest BCUT2D eigenvalue weighted by Gasteiger charge is 2.33. The van der Waals surface area contributed by atoms with Crippen LogP contribution in [0.3, 0.4) is 0 Å². The molecule has 0 unspecified atom stereocenters. The molecule has 1 amide bonds. The first-order chi connectivity index (χ1) is 11.5. The smallest absolute Gasteiger partial charge is 0.339 e. The second kappa shape index (κ2) is 8.15. The van der Waals surface area contributed by atoms with Crippen LogP contribution in [-0.2, 0) is 9.53 Å². The van der Waals surface area contributed by atoms with E-state index >= 15 is 0 Å². The summed E-state index contributed by atoms with van der Waals surface area (Å²) in [5.41, 5.74) is -0.562. The van der Waals surface area contributed by atoms with Crippen molar-refractivity contribution in [3.8, 4) is 11.8 Å². The lowest BCUT2D eigenvalue weighted by molar-refractivity contribution is -0.125. The zero-order chi connectivity index (χ0) is 17.6. The van der Waals surface area contributed by atoms with Crippen molar-refractivity contribution in [1.29, 1.82) is 5.26 Å². The highest BCUT2D eigenvalue weighted by molar-refractivity contribution is 9.10. The quantitative estimate of drug-likeness (QED) is 0.775. The van der Waals surface area contributed by atoms with E-state index in [0.717, 1.165) is 19.3 Å². The molecule has 1 aromatic carbocycles. The second-order valence-corrected chi connectivity index (χ2v) is 6.58. The van der Waals surface area contributed by atoms with Crippen LogP contribution in [0.25, 0.3) is 0 Å². The first-order valence-corrected chi connectivity index (χ1v) is 8.52. The number of hydrogen-bond acceptors (Lipinski definition) is 5. The van der Waals surface area contributed by atoms with Crippen LogP contribution < -0.4 is 10.1 Å². The molecule has 1 N–H and O–H groups in total. The Kier molecular flexibility index (Phi) is 6.21. The minimum atomic E-state index is -0.835. The Hall–Kier alpha value is -2.07. The lowest BCUT2D eigenvalue weighted by Gasteiger charge is -2.31. The first-order valence-electron chi connectivity index (χ1n) is 7.72. The number of halogens is 1. The van der Waals surface area contributed by atoms with Gasteiger partial charge in [0.25, 0.3) is 5.91 Å². The van der Waals surface area contributed by atoms with Gasteiger partial charge in [-0.3, -0.25) is 4.79 Å². The van der Waals surface area contributed by atoms with Gasteiger partial charge in [0.1, 0.15) is 11.3 Å². The summed E-state index contributed by atoms with van der Waals surface area (Å²) >= 11 is 3.27. The number of carbonyl (C=O) groups excluding carboxylic acids is 2. The molecule has 1 aliphatic rings. The van der Waals surface area contributed by atoms with E-state index in [1.165, 1.54) is 13.2 Å². The van der Waals surface area contributed by atoms with Gasteiger partial charge in [-0.25, -0.2) is 4.79 Å². The molecule has 2 rings (SSSR count). The maximum absolute atomic E-state index is 12.1. The van der Waals surface area contributed by atoms with E-state index in [1.807, 2.05) is 0 Å². The minimum absolute atomic E-state index is 0.273. The van der Waals surface area contributed by atoms with Gasteiger partial charge in [0, 0.05) is 4.47 Å². The van der Waals surface area contributed by atoms with Crippen molar-refractivity contribution in [3.05, 3.63) is 28.2 Å². The lowest BCUT2D eigenvalue weighted by atomic mass is 9.83. The monoisotopic (exact) mass is 394 g/mol. The molecule has 1 aromatic rings. The molecule has 1 saturated carbocycles. The Labute approximate surface area is 149 Å². The molecule has 0 atom stereocenters. The lowest BCUT2D eigenvalue weighted by Crippen LogP contribution is -2.50. The van der Waals surface area contributed by atoms with Crippen molar-refractivity contribution in [2.24, 2.45) is 0 Å².